The Morgan fingerprint density at radius 2 is 2.28 bits per heavy atom. The van der Waals surface area contributed by atoms with E-state index in [-0.39, 0.29) is 0 Å². The largest absolute Gasteiger partial charge is 0.497 e. The van der Waals surface area contributed by atoms with Crippen molar-refractivity contribution in [1.29, 1.82) is 0 Å². The van der Waals surface area contributed by atoms with Gasteiger partial charge in [-0.25, -0.2) is 9.97 Å². The molecule has 1 aliphatic heterocycles. The van der Waals surface area contributed by atoms with E-state index in [1.165, 1.54) is 11.4 Å². The molecule has 4 rings (SSSR count). The van der Waals surface area contributed by atoms with Gasteiger partial charge >= 0.3 is 0 Å². The van der Waals surface area contributed by atoms with Gasteiger partial charge < -0.3 is 14.3 Å². The van der Waals surface area contributed by atoms with Crippen molar-refractivity contribution in [3.05, 3.63) is 54.4 Å². The van der Waals surface area contributed by atoms with Crippen LogP contribution >= 0.6 is 0 Å². The van der Waals surface area contributed by atoms with Crippen LogP contribution < -0.4 is 4.74 Å². The summed E-state index contributed by atoms with van der Waals surface area (Å²) in [6, 6.07) is 8.47. The van der Waals surface area contributed by atoms with Gasteiger partial charge in [-0.15, -0.1) is 0 Å². The lowest BCUT2D eigenvalue weighted by atomic mass is 10.1. The van der Waals surface area contributed by atoms with E-state index in [2.05, 4.69) is 32.4 Å². The number of imidazole rings is 2. The van der Waals surface area contributed by atoms with E-state index in [9.17, 15) is 0 Å². The minimum absolute atomic E-state index is 0.450. The number of benzene rings is 1. The Morgan fingerprint density at radius 3 is 3.08 bits per heavy atom. The fourth-order valence-electron chi connectivity index (χ4n) is 3.41. The van der Waals surface area contributed by atoms with E-state index >= 15 is 0 Å². The van der Waals surface area contributed by atoms with E-state index in [0.717, 1.165) is 43.2 Å². The lowest BCUT2D eigenvalue weighted by Gasteiger charge is -2.31. The molecular formula is C19H23N5O. The first-order chi connectivity index (χ1) is 12.2. The maximum atomic E-state index is 5.32. The van der Waals surface area contributed by atoms with Gasteiger partial charge in [0.25, 0.3) is 0 Å². The van der Waals surface area contributed by atoms with Gasteiger partial charge in [-0.1, -0.05) is 12.1 Å². The van der Waals surface area contributed by atoms with E-state index in [0.29, 0.717) is 6.04 Å². The monoisotopic (exact) mass is 337 g/mol. The van der Waals surface area contributed by atoms with Gasteiger partial charge in [0, 0.05) is 50.1 Å². The Balaban J connectivity index is 1.50. The van der Waals surface area contributed by atoms with Crippen LogP contribution in [0.5, 0.6) is 5.75 Å². The van der Waals surface area contributed by atoms with Crippen molar-refractivity contribution in [1.82, 2.24) is 24.4 Å². The molecule has 1 N–H and O–H groups in total. The quantitative estimate of drug-likeness (QED) is 0.778. The lowest BCUT2D eigenvalue weighted by molar-refractivity contribution is 0.171. The summed E-state index contributed by atoms with van der Waals surface area (Å²) in [5.41, 5.74) is 3.47. The Labute approximate surface area is 147 Å². The smallest absolute Gasteiger partial charge is 0.137 e. The highest BCUT2D eigenvalue weighted by atomic mass is 16.5. The molecule has 0 radical (unpaired) electrons. The van der Waals surface area contributed by atoms with Gasteiger partial charge in [-0.3, -0.25) is 4.90 Å². The first-order valence-electron chi connectivity index (χ1n) is 8.65. The van der Waals surface area contributed by atoms with Crippen LogP contribution in [0.1, 0.15) is 18.3 Å². The fraction of sp³-hybridized carbons (Fsp3) is 0.368. The molecule has 0 bridgehead atoms. The summed E-state index contributed by atoms with van der Waals surface area (Å²) in [5.74, 6) is 1.77. The van der Waals surface area contributed by atoms with Crippen LogP contribution in [0.4, 0.5) is 0 Å². The first kappa shape index (κ1) is 15.9. The second-order valence-electron chi connectivity index (χ2n) is 6.57. The van der Waals surface area contributed by atoms with Gasteiger partial charge in [-0.05, 0) is 19.1 Å². The van der Waals surface area contributed by atoms with Crippen molar-refractivity contribution in [2.45, 2.75) is 32.5 Å². The molecule has 0 aliphatic carbocycles. The van der Waals surface area contributed by atoms with Crippen LogP contribution in [0.15, 0.2) is 43.0 Å². The molecule has 6 heteroatoms. The van der Waals surface area contributed by atoms with Crippen LogP contribution in [0.25, 0.3) is 11.4 Å². The number of H-pyrrole nitrogens is 1. The number of aromatic nitrogens is 4. The number of hydrogen-bond donors (Lipinski definition) is 1. The Bertz CT molecular complexity index is 839. The normalized spacial score (nSPS) is 15.8. The summed E-state index contributed by atoms with van der Waals surface area (Å²) in [4.78, 5) is 15.0. The highest BCUT2D eigenvalue weighted by Gasteiger charge is 2.24. The lowest BCUT2D eigenvalue weighted by Crippen LogP contribution is -2.39. The van der Waals surface area contributed by atoms with Crippen LogP contribution in [-0.4, -0.2) is 44.1 Å². The third kappa shape index (κ3) is 3.30. The number of nitrogens with zero attached hydrogens (tertiary/aromatic N) is 4. The molecule has 25 heavy (non-hydrogen) atoms. The summed E-state index contributed by atoms with van der Waals surface area (Å²) < 4.78 is 7.45. The first-order valence-corrected chi connectivity index (χ1v) is 8.65. The van der Waals surface area contributed by atoms with Crippen LogP contribution in [0.2, 0.25) is 0 Å². The number of fused-ring (bicyclic) bond motifs is 1. The number of rotatable bonds is 5. The number of aromatic amines is 1. The SMILES string of the molecule is COc1cccc(-c2nc3c([nH]2)CN(C(C)Cn2ccnc2)CC3)c1. The van der Waals surface area contributed by atoms with E-state index in [1.54, 1.807) is 7.11 Å². The molecule has 1 atom stereocenters. The standard InChI is InChI=1S/C19H23N5O/c1-14(11-23-9-7-20-13-23)24-8-6-17-18(12-24)22-19(21-17)15-4-3-5-16(10-15)25-2/h3-5,7,9-10,13-14H,6,8,11-12H2,1-2H3,(H,21,22). The maximum absolute atomic E-state index is 5.32. The molecule has 0 fully saturated rings. The predicted octanol–water partition coefficient (Wildman–Crippen LogP) is 2.73. The summed E-state index contributed by atoms with van der Waals surface area (Å²) >= 11 is 0. The Hall–Kier alpha value is -2.60. The maximum Gasteiger partial charge on any atom is 0.137 e. The van der Waals surface area contributed by atoms with E-state index < -0.39 is 0 Å². The summed E-state index contributed by atoms with van der Waals surface area (Å²) in [5, 5.41) is 0. The number of nitrogens with one attached hydrogen (secondary N) is 1. The Kier molecular flexibility index (Phi) is 4.28. The van der Waals surface area contributed by atoms with Crippen LogP contribution in [0, 0.1) is 0 Å². The Morgan fingerprint density at radius 1 is 1.36 bits per heavy atom. The van der Waals surface area contributed by atoms with E-state index in [1.807, 2.05) is 36.9 Å². The zero-order chi connectivity index (χ0) is 17.2. The molecule has 1 unspecified atom stereocenters. The number of hydrogen-bond acceptors (Lipinski definition) is 4. The zero-order valence-electron chi connectivity index (χ0n) is 14.6. The third-order valence-electron chi connectivity index (χ3n) is 4.86. The van der Waals surface area contributed by atoms with Gasteiger partial charge in [-0.2, -0.15) is 0 Å². The van der Waals surface area contributed by atoms with Gasteiger partial charge in [0.1, 0.15) is 11.6 Å². The molecule has 130 valence electrons. The summed E-state index contributed by atoms with van der Waals surface area (Å²) in [6.45, 7) is 5.16. The molecule has 1 aromatic carbocycles. The molecular weight excluding hydrogens is 314 g/mol. The van der Waals surface area contributed by atoms with Crippen molar-refractivity contribution in [3.8, 4) is 17.1 Å². The molecule has 0 saturated carbocycles. The highest BCUT2D eigenvalue weighted by Crippen LogP contribution is 2.26. The van der Waals surface area contributed by atoms with Gasteiger partial charge in [0.15, 0.2) is 0 Å². The molecule has 0 spiro atoms. The fourth-order valence-corrected chi connectivity index (χ4v) is 3.41. The third-order valence-corrected chi connectivity index (χ3v) is 4.86. The second kappa shape index (κ2) is 6.72. The average Bonchev–Trinajstić information content (AvgIpc) is 3.30. The van der Waals surface area contributed by atoms with Crippen molar-refractivity contribution in [2.24, 2.45) is 0 Å². The molecule has 3 heterocycles. The summed E-state index contributed by atoms with van der Waals surface area (Å²) in [6.07, 6.45) is 6.70. The van der Waals surface area contributed by atoms with Crippen LogP contribution in [0.3, 0.4) is 0 Å². The second-order valence-corrected chi connectivity index (χ2v) is 6.57. The molecule has 3 aromatic rings. The topological polar surface area (TPSA) is 59.0 Å². The van der Waals surface area contributed by atoms with Gasteiger partial charge in [0.05, 0.1) is 24.8 Å². The molecule has 6 nitrogen and oxygen atoms in total. The van der Waals surface area contributed by atoms with Crippen molar-refractivity contribution in [2.75, 3.05) is 13.7 Å². The minimum atomic E-state index is 0.450. The van der Waals surface area contributed by atoms with E-state index in [4.69, 9.17) is 9.72 Å². The average molecular weight is 337 g/mol. The zero-order valence-corrected chi connectivity index (χ0v) is 14.6. The summed E-state index contributed by atoms with van der Waals surface area (Å²) in [7, 11) is 1.69. The molecule has 0 amide bonds. The van der Waals surface area contributed by atoms with Gasteiger partial charge in [0.2, 0.25) is 0 Å². The van der Waals surface area contributed by atoms with Crippen LogP contribution in [-0.2, 0) is 19.5 Å². The highest BCUT2D eigenvalue weighted by molar-refractivity contribution is 5.58. The number of methoxy groups -OCH3 is 1. The predicted molar refractivity (Wildman–Crippen MR) is 96.4 cm³/mol. The van der Waals surface area contributed by atoms with Crippen molar-refractivity contribution in [3.63, 3.8) is 0 Å². The molecule has 2 aromatic heterocycles. The minimum Gasteiger partial charge on any atom is -0.497 e. The molecule has 1 aliphatic rings. The molecule has 0 saturated heterocycles. The number of ether oxygens (including phenoxy) is 1. The van der Waals surface area contributed by atoms with Crippen molar-refractivity contribution >= 4 is 0 Å². The van der Waals surface area contributed by atoms with Crippen molar-refractivity contribution < 1.29 is 4.74 Å².